The molecule has 0 unspecified atom stereocenters. The molecule has 3 heterocycles. The molecule has 0 bridgehead atoms. The van der Waals surface area contributed by atoms with Crippen molar-refractivity contribution < 1.29 is 4.79 Å². The number of anilines is 1. The van der Waals surface area contributed by atoms with E-state index in [-0.39, 0.29) is 5.91 Å². The standard InChI is InChI=1S/C24H23N5OS/c30-23(27-24-26-20-12-6-1-2-7-13-21(20)31-24)19-16-29(18-10-4-3-5-11-18)28-22(19)17-9-8-14-25-15-17/h3-5,8-11,14-16H,1-2,6-7,12-13H2,(H,26,27,30). The number of hydrogen-bond donors (Lipinski definition) is 1. The molecule has 1 amide bonds. The number of hydrogen-bond acceptors (Lipinski definition) is 5. The molecule has 156 valence electrons. The second-order valence-corrected chi connectivity index (χ2v) is 8.75. The number of benzene rings is 1. The largest absolute Gasteiger partial charge is 0.298 e. The Morgan fingerprint density at radius 2 is 1.84 bits per heavy atom. The van der Waals surface area contributed by atoms with Gasteiger partial charge in [0.25, 0.3) is 5.91 Å². The summed E-state index contributed by atoms with van der Waals surface area (Å²) in [5.41, 5.74) is 3.94. The molecule has 1 N–H and O–H groups in total. The van der Waals surface area contributed by atoms with Crippen LogP contribution >= 0.6 is 11.3 Å². The summed E-state index contributed by atoms with van der Waals surface area (Å²) in [7, 11) is 0. The van der Waals surface area contributed by atoms with Crippen LogP contribution in [0.4, 0.5) is 5.13 Å². The van der Waals surface area contributed by atoms with Crippen molar-refractivity contribution in [3.63, 3.8) is 0 Å². The molecule has 0 saturated carbocycles. The second-order valence-electron chi connectivity index (χ2n) is 7.67. The monoisotopic (exact) mass is 429 g/mol. The van der Waals surface area contributed by atoms with Gasteiger partial charge in [0.05, 0.1) is 16.9 Å². The number of thiazole rings is 1. The number of pyridine rings is 1. The van der Waals surface area contributed by atoms with Crippen LogP contribution in [0.2, 0.25) is 0 Å². The van der Waals surface area contributed by atoms with Gasteiger partial charge in [0.15, 0.2) is 5.13 Å². The van der Waals surface area contributed by atoms with E-state index in [4.69, 9.17) is 10.1 Å². The van der Waals surface area contributed by atoms with Crippen LogP contribution in [0.5, 0.6) is 0 Å². The molecule has 4 aromatic rings. The highest BCUT2D eigenvalue weighted by Gasteiger charge is 2.21. The molecule has 1 aliphatic rings. The molecule has 6 nitrogen and oxygen atoms in total. The minimum absolute atomic E-state index is 0.206. The van der Waals surface area contributed by atoms with Gasteiger partial charge in [-0.3, -0.25) is 15.1 Å². The lowest BCUT2D eigenvalue weighted by molar-refractivity contribution is 0.102. The third-order valence-electron chi connectivity index (χ3n) is 5.48. The highest BCUT2D eigenvalue weighted by atomic mass is 32.1. The van der Waals surface area contributed by atoms with E-state index in [0.29, 0.717) is 16.4 Å². The fourth-order valence-corrected chi connectivity index (χ4v) is 4.94. The van der Waals surface area contributed by atoms with Gasteiger partial charge in [0.2, 0.25) is 0 Å². The van der Waals surface area contributed by atoms with Crippen molar-refractivity contribution in [2.75, 3.05) is 5.32 Å². The summed E-state index contributed by atoms with van der Waals surface area (Å²) in [6.45, 7) is 0. The van der Waals surface area contributed by atoms with E-state index in [2.05, 4.69) is 10.3 Å². The first-order valence-electron chi connectivity index (χ1n) is 10.6. The van der Waals surface area contributed by atoms with Crippen LogP contribution in [0, 0.1) is 0 Å². The Hall–Kier alpha value is -3.32. The number of fused-ring (bicyclic) bond motifs is 1. The first-order chi connectivity index (χ1) is 15.3. The lowest BCUT2D eigenvalue weighted by Gasteiger charge is -2.06. The molecule has 5 rings (SSSR count). The molecule has 0 spiro atoms. The summed E-state index contributed by atoms with van der Waals surface area (Å²) < 4.78 is 1.73. The van der Waals surface area contributed by atoms with Crippen molar-refractivity contribution in [1.29, 1.82) is 0 Å². The number of carbonyl (C=O) groups excluding carboxylic acids is 1. The third kappa shape index (κ3) is 4.27. The van der Waals surface area contributed by atoms with Crippen molar-refractivity contribution in [3.8, 4) is 16.9 Å². The average Bonchev–Trinajstić information content (AvgIpc) is 3.39. The third-order valence-corrected chi connectivity index (χ3v) is 6.55. The first kappa shape index (κ1) is 19.6. The van der Waals surface area contributed by atoms with Gasteiger partial charge in [0, 0.05) is 29.0 Å². The molecule has 1 aliphatic carbocycles. The molecular formula is C24H23N5OS. The molecule has 7 heteroatoms. The number of amides is 1. The van der Waals surface area contributed by atoms with Crippen molar-refractivity contribution in [2.24, 2.45) is 0 Å². The lowest BCUT2D eigenvalue weighted by Crippen LogP contribution is -2.12. The van der Waals surface area contributed by atoms with Crippen LogP contribution in [-0.2, 0) is 12.8 Å². The number of nitrogens with zero attached hydrogens (tertiary/aromatic N) is 4. The predicted molar refractivity (Wildman–Crippen MR) is 123 cm³/mol. The normalized spacial score (nSPS) is 13.8. The number of carbonyl (C=O) groups is 1. The molecule has 0 atom stereocenters. The second kappa shape index (κ2) is 8.81. The quantitative estimate of drug-likeness (QED) is 0.478. The maximum Gasteiger partial charge on any atom is 0.261 e. The Morgan fingerprint density at radius 3 is 2.65 bits per heavy atom. The summed E-state index contributed by atoms with van der Waals surface area (Å²) in [5.74, 6) is -0.206. The van der Waals surface area contributed by atoms with E-state index in [1.165, 1.54) is 30.6 Å². The topological polar surface area (TPSA) is 72.7 Å². The fraction of sp³-hybridized carbons (Fsp3) is 0.250. The zero-order valence-electron chi connectivity index (χ0n) is 17.1. The number of rotatable bonds is 4. The van der Waals surface area contributed by atoms with Gasteiger partial charge < -0.3 is 0 Å². The van der Waals surface area contributed by atoms with Crippen molar-refractivity contribution in [3.05, 3.63) is 77.2 Å². The van der Waals surface area contributed by atoms with E-state index < -0.39 is 0 Å². The SMILES string of the molecule is O=C(Nc1nc2c(s1)CCCCCC2)c1cn(-c2ccccc2)nc1-c1cccnc1. The van der Waals surface area contributed by atoms with Gasteiger partial charge in [-0.1, -0.05) is 31.0 Å². The van der Waals surface area contributed by atoms with Gasteiger partial charge in [0.1, 0.15) is 5.69 Å². The van der Waals surface area contributed by atoms with E-state index in [1.807, 2.05) is 42.5 Å². The Labute approximate surface area is 185 Å². The smallest absolute Gasteiger partial charge is 0.261 e. The van der Waals surface area contributed by atoms with Crippen molar-refractivity contribution >= 4 is 22.4 Å². The van der Waals surface area contributed by atoms with Gasteiger partial charge in [-0.15, -0.1) is 11.3 Å². The molecule has 31 heavy (non-hydrogen) atoms. The van der Waals surface area contributed by atoms with Crippen LogP contribution < -0.4 is 5.32 Å². The van der Waals surface area contributed by atoms with Crippen LogP contribution in [0.3, 0.4) is 0 Å². The van der Waals surface area contributed by atoms with E-state index in [0.717, 1.165) is 29.8 Å². The van der Waals surface area contributed by atoms with Gasteiger partial charge in [-0.2, -0.15) is 5.10 Å². The van der Waals surface area contributed by atoms with E-state index >= 15 is 0 Å². The zero-order chi connectivity index (χ0) is 21.0. The Balaban J connectivity index is 1.48. The van der Waals surface area contributed by atoms with Crippen molar-refractivity contribution in [1.82, 2.24) is 19.7 Å². The minimum Gasteiger partial charge on any atom is -0.298 e. The fourth-order valence-electron chi connectivity index (χ4n) is 3.89. The summed E-state index contributed by atoms with van der Waals surface area (Å²) in [6, 6.07) is 13.5. The summed E-state index contributed by atoms with van der Waals surface area (Å²) in [5, 5.41) is 8.40. The maximum absolute atomic E-state index is 13.3. The van der Waals surface area contributed by atoms with E-state index in [9.17, 15) is 4.79 Å². The first-order valence-corrected chi connectivity index (χ1v) is 11.4. The average molecular weight is 430 g/mol. The summed E-state index contributed by atoms with van der Waals surface area (Å²) >= 11 is 1.60. The minimum atomic E-state index is -0.206. The number of para-hydroxylation sites is 1. The number of nitrogens with one attached hydrogen (secondary N) is 1. The van der Waals surface area contributed by atoms with Crippen LogP contribution in [-0.4, -0.2) is 25.7 Å². The Morgan fingerprint density at radius 1 is 1.00 bits per heavy atom. The van der Waals surface area contributed by atoms with Crippen LogP contribution in [0.25, 0.3) is 16.9 Å². The molecule has 1 aromatic carbocycles. The van der Waals surface area contributed by atoms with Crippen LogP contribution in [0.15, 0.2) is 61.1 Å². The molecule has 0 radical (unpaired) electrons. The molecular weight excluding hydrogens is 406 g/mol. The number of aromatic nitrogens is 4. The Bertz CT molecular complexity index is 1160. The Kier molecular flexibility index (Phi) is 5.58. The highest BCUT2D eigenvalue weighted by molar-refractivity contribution is 7.15. The maximum atomic E-state index is 13.3. The summed E-state index contributed by atoms with van der Waals surface area (Å²) in [6.07, 6.45) is 12.1. The number of aryl methyl sites for hydroxylation is 2. The van der Waals surface area contributed by atoms with Crippen molar-refractivity contribution in [2.45, 2.75) is 38.5 Å². The lowest BCUT2D eigenvalue weighted by atomic mass is 10.0. The predicted octanol–water partition coefficient (Wildman–Crippen LogP) is 5.30. The molecule has 0 fully saturated rings. The molecule has 3 aromatic heterocycles. The van der Waals surface area contributed by atoms with Gasteiger partial charge in [-0.25, -0.2) is 9.67 Å². The molecule has 0 saturated heterocycles. The van der Waals surface area contributed by atoms with E-state index in [1.54, 1.807) is 34.6 Å². The molecule has 0 aliphatic heterocycles. The zero-order valence-corrected chi connectivity index (χ0v) is 17.9. The highest BCUT2D eigenvalue weighted by Crippen LogP contribution is 2.30. The summed E-state index contributed by atoms with van der Waals surface area (Å²) in [4.78, 5) is 23.5. The van der Waals surface area contributed by atoms with Gasteiger partial charge in [-0.05, 0) is 49.9 Å². The van der Waals surface area contributed by atoms with Gasteiger partial charge >= 0.3 is 0 Å². The van der Waals surface area contributed by atoms with Crippen LogP contribution in [0.1, 0.15) is 46.6 Å².